The molecule has 2 rings (SSSR count). The van der Waals surface area contributed by atoms with Crippen molar-refractivity contribution in [2.45, 2.75) is 24.2 Å². The van der Waals surface area contributed by atoms with E-state index in [1.165, 1.54) is 12.1 Å². The Bertz CT molecular complexity index is 659. The number of primary sulfonamides is 1. The molecular weight excluding hydrogens is 302 g/mol. The summed E-state index contributed by atoms with van der Waals surface area (Å²) in [6.45, 7) is 2.49. The van der Waals surface area contributed by atoms with E-state index in [-0.39, 0.29) is 4.90 Å². The monoisotopic (exact) mass is 323 g/mol. The highest BCUT2D eigenvalue weighted by atomic mass is 32.2. The van der Waals surface area contributed by atoms with Gasteiger partial charge in [-0.15, -0.1) is 0 Å². The molecule has 0 aromatic heterocycles. The number of methoxy groups -OCH3 is 1. The van der Waals surface area contributed by atoms with Crippen LogP contribution in [-0.4, -0.2) is 35.2 Å². The second-order valence-electron chi connectivity index (χ2n) is 5.55. The molecule has 1 saturated heterocycles. The summed E-state index contributed by atoms with van der Waals surface area (Å²) < 4.78 is 27.9. The number of nitrogens with zero attached hydrogens (tertiary/aromatic N) is 2. The number of anilines is 1. The third-order valence-electron chi connectivity index (χ3n) is 4.10. The Balaban J connectivity index is 2.12. The molecular formula is C15H21N3O3S. The molecule has 0 bridgehead atoms. The average Bonchev–Trinajstić information content (AvgIpc) is 2.52. The molecule has 1 aromatic carbocycles. The molecule has 0 spiro atoms. The van der Waals surface area contributed by atoms with Gasteiger partial charge in [-0.25, -0.2) is 13.6 Å². The first-order valence-corrected chi connectivity index (χ1v) is 8.81. The van der Waals surface area contributed by atoms with Crippen LogP contribution in [0.2, 0.25) is 0 Å². The fourth-order valence-electron chi connectivity index (χ4n) is 2.80. The minimum Gasteiger partial charge on any atom is -0.385 e. The first-order valence-electron chi connectivity index (χ1n) is 7.26. The highest BCUT2D eigenvalue weighted by Crippen LogP contribution is 2.28. The second-order valence-corrected chi connectivity index (χ2v) is 7.11. The Morgan fingerprint density at radius 1 is 1.41 bits per heavy atom. The Hall–Kier alpha value is -1.62. The molecule has 22 heavy (non-hydrogen) atoms. The molecule has 0 aliphatic carbocycles. The fourth-order valence-corrected chi connectivity index (χ4v) is 3.34. The Morgan fingerprint density at radius 3 is 2.64 bits per heavy atom. The smallest absolute Gasteiger partial charge is 0.238 e. The molecule has 0 amide bonds. The number of ether oxygens (including phenoxy) is 1. The van der Waals surface area contributed by atoms with Crippen LogP contribution in [0.3, 0.4) is 0 Å². The minimum atomic E-state index is -3.79. The number of sulfonamides is 1. The van der Waals surface area contributed by atoms with Crippen LogP contribution >= 0.6 is 0 Å². The van der Waals surface area contributed by atoms with Crippen LogP contribution in [0.5, 0.6) is 0 Å². The van der Waals surface area contributed by atoms with E-state index < -0.39 is 10.0 Å². The number of nitriles is 1. The second kappa shape index (κ2) is 7.09. The van der Waals surface area contributed by atoms with Gasteiger partial charge in [0.1, 0.15) is 6.07 Å². The van der Waals surface area contributed by atoms with E-state index in [4.69, 9.17) is 9.88 Å². The van der Waals surface area contributed by atoms with E-state index >= 15 is 0 Å². The number of nitrogens with two attached hydrogens (primary N) is 1. The molecule has 1 heterocycles. The third kappa shape index (κ3) is 3.97. The highest BCUT2D eigenvalue weighted by molar-refractivity contribution is 7.89. The molecule has 0 atom stereocenters. The summed E-state index contributed by atoms with van der Waals surface area (Å²) >= 11 is 0. The van der Waals surface area contributed by atoms with E-state index in [2.05, 4.69) is 11.0 Å². The Morgan fingerprint density at radius 2 is 2.09 bits per heavy atom. The quantitative estimate of drug-likeness (QED) is 0.885. The van der Waals surface area contributed by atoms with Crippen molar-refractivity contribution in [3.05, 3.63) is 23.8 Å². The summed E-state index contributed by atoms with van der Waals surface area (Å²) in [6.07, 6.45) is 3.15. The van der Waals surface area contributed by atoms with Crippen LogP contribution in [0, 0.1) is 17.2 Å². The van der Waals surface area contributed by atoms with E-state index in [1.54, 1.807) is 13.2 Å². The summed E-state index contributed by atoms with van der Waals surface area (Å²) in [4.78, 5) is 2.11. The SMILES string of the molecule is COCCC1CCN(c2ccc(S(N)(=O)=O)cc2C#N)CC1. The van der Waals surface area contributed by atoms with Gasteiger partial charge in [0.2, 0.25) is 10.0 Å². The summed E-state index contributed by atoms with van der Waals surface area (Å²) in [5.41, 5.74) is 1.13. The summed E-state index contributed by atoms with van der Waals surface area (Å²) in [6, 6.07) is 6.55. The van der Waals surface area contributed by atoms with Crippen LogP contribution in [0.15, 0.2) is 23.1 Å². The van der Waals surface area contributed by atoms with Gasteiger partial charge in [0.05, 0.1) is 16.1 Å². The van der Waals surface area contributed by atoms with E-state index in [0.717, 1.165) is 44.6 Å². The predicted octanol–water partition coefficient (Wildman–Crippen LogP) is 1.46. The molecule has 2 N–H and O–H groups in total. The standard InChI is InChI=1S/C15H21N3O3S/c1-21-9-6-12-4-7-18(8-5-12)15-3-2-14(22(17,19)20)10-13(15)11-16/h2-3,10,12H,4-9H2,1H3,(H2,17,19,20). The Labute approximate surface area is 131 Å². The van der Waals surface area contributed by atoms with Crippen LogP contribution < -0.4 is 10.0 Å². The Kier molecular flexibility index (Phi) is 5.40. The van der Waals surface area contributed by atoms with Gasteiger partial charge in [-0.3, -0.25) is 0 Å². The third-order valence-corrected chi connectivity index (χ3v) is 5.01. The molecule has 1 aromatic rings. The zero-order valence-electron chi connectivity index (χ0n) is 12.7. The van der Waals surface area contributed by atoms with Gasteiger partial charge >= 0.3 is 0 Å². The van der Waals surface area contributed by atoms with Crippen molar-refractivity contribution < 1.29 is 13.2 Å². The van der Waals surface area contributed by atoms with Crippen molar-refractivity contribution in [3.8, 4) is 6.07 Å². The molecule has 1 aliphatic rings. The summed E-state index contributed by atoms with van der Waals surface area (Å²) in [5, 5.41) is 14.4. The van der Waals surface area contributed by atoms with Gasteiger partial charge in [0.25, 0.3) is 0 Å². The van der Waals surface area contributed by atoms with Crippen molar-refractivity contribution >= 4 is 15.7 Å². The molecule has 0 radical (unpaired) electrons. The fraction of sp³-hybridized carbons (Fsp3) is 0.533. The van der Waals surface area contributed by atoms with Crippen LogP contribution in [0.25, 0.3) is 0 Å². The topological polar surface area (TPSA) is 96.4 Å². The van der Waals surface area contributed by atoms with Gasteiger partial charge in [-0.2, -0.15) is 5.26 Å². The van der Waals surface area contributed by atoms with Gasteiger partial charge in [0.15, 0.2) is 0 Å². The molecule has 1 aliphatic heterocycles. The molecule has 1 fully saturated rings. The molecule has 0 unspecified atom stereocenters. The molecule has 7 heteroatoms. The largest absolute Gasteiger partial charge is 0.385 e. The predicted molar refractivity (Wildman–Crippen MR) is 84.0 cm³/mol. The van der Waals surface area contributed by atoms with Crippen molar-refractivity contribution in [2.75, 3.05) is 31.7 Å². The van der Waals surface area contributed by atoms with Crippen LogP contribution in [-0.2, 0) is 14.8 Å². The average molecular weight is 323 g/mol. The lowest BCUT2D eigenvalue weighted by atomic mass is 9.93. The molecule has 6 nitrogen and oxygen atoms in total. The summed E-state index contributed by atoms with van der Waals surface area (Å²) in [5.74, 6) is 0.644. The maximum atomic E-state index is 11.4. The summed E-state index contributed by atoms with van der Waals surface area (Å²) in [7, 11) is -2.08. The number of hydrogen-bond acceptors (Lipinski definition) is 5. The number of piperidine rings is 1. The van der Waals surface area contributed by atoms with Crippen molar-refractivity contribution in [2.24, 2.45) is 11.1 Å². The molecule has 0 saturated carbocycles. The van der Waals surface area contributed by atoms with Crippen molar-refractivity contribution in [1.82, 2.24) is 0 Å². The maximum absolute atomic E-state index is 11.4. The first-order chi connectivity index (χ1) is 10.5. The van der Waals surface area contributed by atoms with Crippen LogP contribution in [0.4, 0.5) is 5.69 Å². The number of rotatable bonds is 5. The number of benzene rings is 1. The van der Waals surface area contributed by atoms with Gasteiger partial charge < -0.3 is 9.64 Å². The van der Waals surface area contributed by atoms with E-state index in [1.807, 2.05) is 0 Å². The van der Waals surface area contributed by atoms with E-state index in [9.17, 15) is 13.7 Å². The maximum Gasteiger partial charge on any atom is 0.238 e. The normalized spacial score (nSPS) is 16.5. The zero-order chi connectivity index (χ0) is 16.2. The minimum absolute atomic E-state index is 0.0252. The zero-order valence-corrected chi connectivity index (χ0v) is 13.5. The highest BCUT2D eigenvalue weighted by Gasteiger charge is 2.22. The first kappa shape index (κ1) is 16.7. The lowest BCUT2D eigenvalue weighted by Crippen LogP contribution is -2.34. The lowest BCUT2D eigenvalue weighted by molar-refractivity contribution is 0.170. The van der Waals surface area contributed by atoms with Crippen molar-refractivity contribution in [1.29, 1.82) is 5.26 Å². The van der Waals surface area contributed by atoms with E-state index in [0.29, 0.717) is 11.5 Å². The van der Waals surface area contributed by atoms with Crippen molar-refractivity contribution in [3.63, 3.8) is 0 Å². The van der Waals surface area contributed by atoms with Crippen LogP contribution in [0.1, 0.15) is 24.8 Å². The lowest BCUT2D eigenvalue weighted by Gasteiger charge is -2.34. The van der Waals surface area contributed by atoms with Gasteiger partial charge in [0, 0.05) is 26.8 Å². The number of hydrogen-bond donors (Lipinski definition) is 1. The van der Waals surface area contributed by atoms with Gasteiger partial charge in [-0.05, 0) is 43.4 Å². The molecule has 120 valence electrons. The van der Waals surface area contributed by atoms with Gasteiger partial charge in [-0.1, -0.05) is 0 Å².